The third-order valence-corrected chi connectivity index (χ3v) is 4.62. The SMILES string of the molecule is COc1cc(C=C(C#N)c2nc(-c3ccc([N+](=O)[O-])cc3)cs2)ccc1O. The number of nitro benzene ring substituents is 1. The molecule has 0 radical (unpaired) electrons. The largest absolute Gasteiger partial charge is 0.504 e. The predicted molar refractivity (Wildman–Crippen MR) is 102 cm³/mol. The van der Waals surface area contributed by atoms with Gasteiger partial charge in [-0.3, -0.25) is 10.1 Å². The van der Waals surface area contributed by atoms with Crippen molar-refractivity contribution in [1.29, 1.82) is 5.26 Å². The summed E-state index contributed by atoms with van der Waals surface area (Å²) in [6.45, 7) is 0. The highest BCUT2D eigenvalue weighted by atomic mass is 32.1. The van der Waals surface area contributed by atoms with Crippen LogP contribution in [0.1, 0.15) is 10.6 Å². The Bertz CT molecular complexity index is 1070. The van der Waals surface area contributed by atoms with E-state index in [-0.39, 0.29) is 11.4 Å². The molecule has 134 valence electrons. The maximum atomic E-state index is 10.7. The summed E-state index contributed by atoms with van der Waals surface area (Å²) >= 11 is 1.30. The van der Waals surface area contributed by atoms with E-state index in [1.807, 2.05) is 0 Å². The number of allylic oxidation sites excluding steroid dienone is 1. The molecule has 7 nitrogen and oxygen atoms in total. The van der Waals surface area contributed by atoms with Crippen LogP contribution in [0.15, 0.2) is 47.8 Å². The van der Waals surface area contributed by atoms with E-state index in [9.17, 15) is 20.5 Å². The first kappa shape index (κ1) is 18.1. The molecular formula is C19H13N3O4S. The molecule has 27 heavy (non-hydrogen) atoms. The summed E-state index contributed by atoms with van der Waals surface area (Å²) in [4.78, 5) is 14.7. The van der Waals surface area contributed by atoms with Crippen LogP contribution in [0.5, 0.6) is 11.5 Å². The van der Waals surface area contributed by atoms with Gasteiger partial charge in [-0.1, -0.05) is 6.07 Å². The summed E-state index contributed by atoms with van der Waals surface area (Å²) in [5, 5.41) is 32.2. The fourth-order valence-corrected chi connectivity index (χ4v) is 3.17. The van der Waals surface area contributed by atoms with Crippen LogP contribution in [0.25, 0.3) is 22.9 Å². The molecule has 2 aromatic carbocycles. The number of phenolic OH excluding ortho intramolecular Hbond substituents is 1. The van der Waals surface area contributed by atoms with Gasteiger partial charge < -0.3 is 9.84 Å². The number of rotatable bonds is 5. The number of benzene rings is 2. The Kier molecular flexibility index (Phi) is 5.15. The number of aromatic hydroxyl groups is 1. The zero-order valence-electron chi connectivity index (χ0n) is 14.1. The molecule has 0 saturated heterocycles. The molecule has 1 heterocycles. The minimum absolute atomic E-state index is 0.00749. The first-order valence-electron chi connectivity index (χ1n) is 7.71. The monoisotopic (exact) mass is 379 g/mol. The van der Waals surface area contributed by atoms with Crippen LogP contribution in [0.2, 0.25) is 0 Å². The molecular weight excluding hydrogens is 366 g/mol. The number of hydrogen-bond donors (Lipinski definition) is 1. The summed E-state index contributed by atoms with van der Waals surface area (Å²) in [6.07, 6.45) is 1.65. The highest BCUT2D eigenvalue weighted by molar-refractivity contribution is 7.11. The highest BCUT2D eigenvalue weighted by Gasteiger charge is 2.11. The van der Waals surface area contributed by atoms with E-state index in [0.717, 1.165) is 5.56 Å². The first-order chi connectivity index (χ1) is 13.0. The number of methoxy groups -OCH3 is 1. The molecule has 0 aliphatic heterocycles. The standard InChI is InChI=1S/C19H13N3O4S/c1-26-18-9-12(2-7-17(18)23)8-14(10-20)19-21-16(11-27-19)13-3-5-15(6-4-13)22(24)25/h2-9,11,23H,1H3. The zero-order chi connectivity index (χ0) is 19.4. The van der Waals surface area contributed by atoms with Crippen molar-refractivity contribution in [3.8, 4) is 28.8 Å². The van der Waals surface area contributed by atoms with Gasteiger partial charge in [0.2, 0.25) is 0 Å². The van der Waals surface area contributed by atoms with E-state index in [0.29, 0.717) is 27.6 Å². The van der Waals surface area contributed by atoms with Crippen LogP contribution in [0, 0.1) is 21.4 Å². The lowest BCUT2D eigenvalue weighted by Crippen LogP contribution is -1.88. The summed E-state index contributed by atoms with van der Waals surface area (Å²) < 4.78 is 5.07. The molecule has 0 bridgehead atoms. The molecule has 0 fully saturated rings. The highest BCUT2D eigenvalue weighted by Crippen LogP contribution is 2.31. The van der Waals surface area contributed by atoms with Gasteiger partial charge in [0, 0.05) is 23.1 Å². The molecule has 1 N–H and O–H groups in total. The molecule has 3 aromatic rings. The molecule has 8 heteroatoms. The zero-order valence-corrected chi connectivity index (χ0v) is 14.9. The molecule has 0 aliphatic rings. The third kappa shape index (κ3) is 3.94. The quantitative estimate of drug-likeness (QED) is 0.397. The molecule has 0 spiro atoms. The van der Waals surface area contributed by atoms with Crippen molar-refractivity contribution in [3.63, 3.8) is 0 Å². The lowest BCUT2D eigenvalue weighted by atomic mass is 10.1. The lowest BCUT2D eigenvalue weighted by molar-refractivity contribution is -0.384. The number of nitro groups is 1. The van der Waals surface area contributed by atoms with Crippen molar-refractivity contribution in [2.45, 2.75) is 0 Å². The van der Waals surface area contributed by atoms with E-state index >= 15 is 0 Å². The predicted octanol–water partition coefficient (Wildman–Crippen LogP) is 4.50. The number of thiazole rings is 1. The Hall–Kier alpha value is -3.70. The van der Waals surface area contributed by atoms with E-state index in [4.69, 9.17) is 4.74 Å². The van der Waals surface area contributed by atoms with Gasteiger partial charge >= 0.3 is 0 Å². The number of ether oxygens (including phenoxy) is 1. The number of phenols is 1. The molecule has 0 saturated carbocycles. The summed E-state index contributed by atoms with van der Waals surface area (Å²) in [5.41, 5.74) is 2.42. The maximum Gasteiger partial charge on any atom is 0.269 e. The Morgan fingerprint density at radius 3 is 2.70 bits per heavy atom. The second-order valence-electron chi connectivity index (χ2n) is 5.44. The normalized spacial score (nSPS) is 11.0. The van der Waals surface area contributed by atoms with E-state index < -0.39 is 4.92 Å². The number of aromatic nitrogens is 1. The van der Waals surface area contributed by atoms with Crippen LogP contribution < -0.4 is 4.74 Å². The van der Waals surface area contributed by atoms with E-state index in [1.54, 1.807) is 35.7 Å². The Morgan fingerprint density at radius 1 is 1.33 bits per heavy atom. The van der Waals surface area contributed by atoms with Gasteiger partial charge in [-0.25, -0.2) is 4.98 Å². The minimum atomic E-state index is -0.460. The van der Waals surface area contributed by atoms with Crippen molar-refractivity contribution in [1.82, 2.24) is 4.98 Å². The first-order valence-corrected chi connectivity index (χ1v) is 8.59. The van der Waals surface area contributed by atoms with Gasteiger partial charge in [0.25, 0.3) is 5.69 Å². The second-order valence-corrected chi connectivity index (χ2v) is 6.30. The van der Waals surface area contributed by atoms with Gasteiger partial charge in [0.05, 0.1) is 23.3 Å². The number of nitrogens with zero attached hydrogens (tertiary/aromatic N) is 3. The lowest BCUT2D eigenvalue weighted by Gasteiger charge is -2.04. The summed E-state index contributed by atoms with van der Waals surface area (Å²) in [5.74, 6) is 0.328. The molecule has 3 rings (SSSR count). The average molecular weight is 379 g/mol. The van der Waals surface area contributed by atoms with Crippen LogP contribution in [0.3, 0.4) is 0 Å². The molecule has 0 amide bonds. The van der Waals surface area contributed by atoms with Crippen molar-refractivity contribution < 1.29 is 14.8 Å². The minimum Gasteiger partial charge on any atom is -0.504 e. The van der Waals surface area contributed by atoms with Gasteiger partial charge in [0.1, 0.15) is 11.1 Å². The van der Waals surface area contributed by atoms with Gasteiger partial charge in [-0.2, -0.15) is 5.26 Å². The van der Waals surface area contributed by atoms with Crippen LogP contribution >= 0.6 is 11.3 Å². The van der Waals surface area contributed by atoms with Crippen LogP contribution in [-0.2, 0) is 0 Å². The van der Waals surface area contributed by atoms with Crippen molar-refractivity contribution in [2.24, 2.45) is 0 Å². The number of nitriles is 1. The van der Waals surface area contributed by atoms with Crippen molar-refractivity contribution in [2.75, 3.05) is 7.11 Å². The van der Waals surface area contributed by atoms with Gasteiger partial charge in [0.15, 0.2) is 11.5 Å². The number of hydrogen-bond acceptors (Lipinski definition) is 7. The topological polar surface area (TPSA) is 109 Å². The third-order valence-electron chi connectivity index (χ3n) is 3.74. The van der Waals surface area contributed by atoms with Crippen LogP contribution in [0.4, 0.5) is 5.69 Å². The van der Waals surface area contributed by atoms with Crippen LogP contribution in [-0.4, -0.2) is 22.1 Å². The molecule has 0 aliphatic carbocycles. The fourth-order valence-electron chi connectivity index (χ4n) is 2.38. The Morgan fingerprint density at radius 2 is 2.07 bits per heavy atom. The Labute approximate surface area is 158 Å². The summed E-state index contributed by atoms with van der Waals surface area (Å²) in [6, 6.07) is 13.0. The van der Waals surface area contributed by atoms with Gasteiger partial charge in [-0.15, -0.1) is 11.3 Å². The smallest absolute Gasteiger partial charge is 0.269 e. The number of non-ortho nitro benzene ring substituents is 1. The fraction of sp³-hybridized carbons (Fsp3) is 0.0526. The van der Waals surface area contributed by atoms with Crippen molar-refractivity contribution in [3.05, 3.63) is 68.5 Å². The van der Waals surface area contributed by atoms with E-state index in [2.05, 4.69) is 11.1 Å². The average Bonchev–Trinajstić information content (AvgIpc) is 3.17. The van der Waals surface area contributed by atoms with Crippen molar-refractivity contribution >= 4 is 28.7 Å². The molecule has 0 atom stereocenters. The summed E-state index contributed by atoms with van der Waals surface area (Å²) in [7, 11) is 1.45. The molecule has 1 aromatic heterocycles. The second kappa shape index (κ2) is 7.68. The van der Waals surface area contributed by atoms with E-state index in [1.165, 1.54) is 36.6 Å². The Balaban J connectivity index is 1.91. The maximum absolute atomic E-state index is 10.7. The van der Waals surface area contributed by atoms with Gasteiger partial charge in [-0.05, 0) is 35.9 Å². The molecule has 0 unspecified atom stereocenters.